The molecule has 2 heterocycles. The molecule has 0 unspecified atom stereocenters. The van der Waals surface area contributed by atoms with Gasteiger partial charge in [-0.15, -0.1) is 5.10 Å². The SMILES string of the molecule is O=C1CCCc2nc(-c3nn(-c4ccccc4)c(=O)n3-c3ccccc3)ccc21. The molecule has 0 spiro atoms. The maximum atomic E-state index is 13.3. The Hall–Kier alpha value is -3.80. The van der Waals surface area contributed by atoms with Gasteiger partial charge in [0.2, 0.25) is 0 Å². The number of aromatic nitrogens is 4. The van der Waals surface area contributed by atoms with Gasteiger partial charge in [0, 0.05) is 12.0 Å². The number of hydrogen-bond acceptors (Lipinski definition) is 4. The average Bonchev–Trinajstić information content (AvgIpc) is 3.12. The van der Waals surface area contributed by atoms with Crippen molar-refractivity contribution in [1.29, 1.82) is 0 Å². The molecule has 1 aliphatic rings. The summed E-state index contributed by atoms with van der Waals surface area (Å²) in [5.74, 6) is 0.575. The van der Waals surface area contributed by atoms with E-state index >= 15 is 0 Å². The van der Waals surface area contributed by atoms with E-state index in [0.717, 1.165) is 18.5 Å². The standard InChI is InChI=1S/C23H18N4O2/c28-21-13-7-12-19-18(21)14-15-20(24-19)22-25-27(17-10-5-2-6-11-17)23(29)26(22)16-8-3-1-4-9-16/h1-6,8-11,14-15H,7,12-13H2. The molecule has 2 aromatic heterocycles. The van der Waals surface area contributed by atoms with Gasteiger partial charge >= 0.3 is 5.69 Å². The Bertz CT molecular complexity index is 1260. The lowest BCUT2D eigenvalue weighted by molar-refractivity contribution is 0.0971. The summed E-state index contributed by atoms with van der Waals surface area (Å²) in [7, 11) is 0. The summed E-state index contributed by atoms with van der Waals surface area (Å²) in [4.78, 5) is 30.1. The van der Waals surface area contributed by atoms with Crippen molar-refractivity contribution >= 4 is 5.78 Å². The van der Waals surface area contributed by atoms with Gasteiger partial charge < -0.3 is 0 Å². The van der Waals surface area contributed by atoms with Crippen LogP contribution in [-0.4, -0.2) is 25.1 Å². The summed E-state index contributed by atoms with van der Waals surface area (Å²) in [6.45, 7) is 0. The van der Waals surface area contributed by atoms with Crippen LogP contribution in [0.2, 0.25) is 0 Å². The summed E-state index contributed by atoms with van der Waals surface area (Å²) >= 11 is 0. The quantitative estimate of drug-likeness (QED) is 0.543. The second-order valence-electron chi connectivity index (χ2n) is 6.99. The van der Waals surface area contributed by atoms with Gasteiger partial charge in [-0.25, -0.2) is 14.3 Å². The minimum absolute atomic E-state index is 0.126. The predicted molar refractivity (Wildman–Crippen MR) is 110 cm³/mol. The van der Waals surface area contributed by atoms with Crippen LogP contribution in [0.4, 0.5) is 0 Å². The van der Waals surface area contributed by atoms with Gasteiger partial charge in [0.1, 0.15) is 5.69 Å². The molecule has 29 heavy (non-hydrogen) atoms. The Kier molecular flexibility index (Phi) is 4.17. The van der Waals surface area contributed by atoms with Gasteiger partial charge in [-0.3, -0.25) is 4.79 Å². The van der Waals surface area contributed by atoms with Gasteiger partial charge in [-0.2, -0.15) is 4.68 Å². The number of para-hydroxylation sites is 2. The highest BCUT2D eigenvalue weighted by molar-refractivity contribution is 5.98. The van der Waals surface area contributed by atoms with E-state index in [1.807, 2.05) is 60.7 Å². The van der Waals surface area contributed by atoms with Crippen molar-refractivity contribution in [3.05, 3.63) is 94.5 Å². The summed E-state index contributed by atoms with van der Waals surface area (Å²) < 4.78 is 2.95. The fraction of sp³-hybridized carbons (Fsp3) is 0.130. The molecule has 1 aliphatic carbocycles. The number of nitrogens with zero attached hydrogens (tertiary/aromatic N) is 4. The lowest BCUT2D eigenvalue weighted by Gasteiger charge is -2.14. The van der Waals surface area contributed by atoms with E-state index in [4.69, 9.17) is 4.98 Å². The zero-order valence-electron chi connectivity index (χ0n) is 15.7. The number of Topliss-reactive ketones (excluding diaryl/α,β-unsaturated/α-hetero) is 1. The van der Waals surface area contributed by atoms with Gasteiger partial charge in [0.15, 0.2) is 11.6 Å². The van der Waals surface area contributed by atoms with Crippen molar-refractivity contribution in [1.82, 2.24) is 19.3 Å². The third-order valence-electron chi connectivity index (χ3n) is 5.12. The topological polar surface area (TPSA) is 69.8 Å². The molecule has 6 heteroatoms. The van der Waals surface area contributed by atoms with E-state index in [1.54, 1.807) is 16.7 Å². The van der Waals surface area contributed by atoms with E-state index in [-0.39, 0.29) is 11.5 Å². The molecule has 0 fully saturated rings. The number of fused-ring (bicyclic) bond motifs is 1. The van der Waals surface area contributed by atoms with Crippen LogP contribution in [-0.2, 0) is 6.42 Å². The van der Waals surface area contributed by atoms with Crippen molar-refractivity contribution in [2.24, 2.45) is 0 Å². The van der Waals surface area contributed by atoms with Gasteiger partial charge in [-0.05, 0) is 49.2 Å². The summed E-state index contributed by atoms with van der Waals surface area (Å²) in [5, 5.41) is 4.61. The highest BCUT2D eigenvalue weighted by Crippen LogP contribution is 2.24. The molecule has 0 saturated carbocycles. The first-order valence-electron chi connectivity index (χ1n) is 9.59. The molecule has 0 atom stereocenters. The van der Waals surface area contributed by atoms with Crippen LogP contribution in [0, 0.1) is 0 Å². The normalized spacial score (nSPS) is 13.3. The molecule has 0 radical (unpaired) electrons. The van der Waals surface area contributed by atoms with Crippen molar-refractivity contribution in [2.45, 2.75) is 19.3 Å². The van der Waals surface area contributed by atoms with Crippen LogP contribution in [0.3, 0.4) is 0 Å². The van der Waals surface area contributed by atoms with Crippen LogP contribution < -0.4 is 5.69 Å². The molecule has 0 saturated heterocycles. The molecule has 2 aromatic carbocycles. The molecule has 0 amide bonds. The molecule has 0 aliphatic heterocycles. The van der Waals surface area contributed by atoms with Crippen molar-refractivity contribution < 1.29 is 4.79 Å². The number of hydrogen-bond donors (Lipinski definition) is 0. The maximum Gasteiger partial charge on any atom is 0.355 e. The predicted octanol–water partition coefficient (Wildman–Crippen LogP) is 3.60. The lowest BCUT2D eigenvalue weighted by Crippen LogP contribution is -2.23. The third-order valence-corrected chi connectivity index (χ3v) is 5.12. The molecule has 0 N–H and O–H groups in total. The maximum absolute atomic E-state index is 13.3. The fourth-order valence-corrected chi connectivity index (χ4v) is 3.70. The highest BCUT2D eigenvalue weighted by atomic mass is 16.2. The summed E-state index contributed by atoms with van der Waals surface area (Å²) in [5.41, 5.74) is 3.16. The van der Waals surface area contributed by atoms with E-state index < -0.39 is 0 Å². The van der Waals surface area contributed by atoms with E-state index in [9.17, 15) is 9.59 Å². The number of benzene rings is 2. The number of pyridine rings is 1. The molecular formula is C23H18N4O2. The van der Waals surface area contributed by atoms with Gasteiger partial charge in [-0.1, -0.05) is 36.4 Å². The second-order valence-corrected chi connectivity index (χ2v) is 6.99. The molecule has 142 valence electrons. The van der Waals surface area contributed by atoms with Crippen molar-refractivity contribution in [3.8, 4) is 22.9 Å². The Morgan fingerprint density at radius 1 is 0.759 bits per heavy atom. The average molecular weight is 382 g/mol. The largest absolute Gasteiger partial charge is 0.355 e. The van der Waals surface area contributed by atoms with Crippen LogP contribution in [0.15, 0.2) is 77.6 Å². The van der Waals surface area contributed by atoms with E-state index in [2.05, 4.69) is 5.10 Å². The van der Waals surface area contributed by atoms with Gasteiger partial charge in [0.05, 0.1) is 17.1 Å². The molecule has 4 aromatic rings. The van der Waals surface area contributed by atoms with Crippen molar-refractivity contribution in [2.75, 3.05) is 0 Å². The van der Waals surface area contributed by atoms with Crippen LogP contribution in [0.1, 0.15) is 28.9 Å². The Labute approximate surface area is 167 Å². The monoisotopic (exact) mass is 382 g/mol. The summed E-state index contributed by atoms with van der Waals surface area (Å²) in [6.07, 6.45) is 2.11. The Morgan fingerprint density at radius 2 is 1.45 bits per heavy atom. The van der Waals surface area contributed by atoms with Crippen LogP contribution >= 0.6 is 0 Å². The minimum Gasteiger partial charge on any atom is -0.294 e. The number of rotatable bonds is 3. The number of aryl methyl sites for hydroxylation is 1. The zero-order chi connectivity index (χ0) is 19.8. The second kappa shape index (κ2) is 6.98. The number of carbonyl (C=O) groups is 1. The van der Waals surface area contributed by atoms with Gasteiger partial charge in [0.25, 0.3) is 0 Å². The fourth-order valence-electron chi connectivity index (χ4n) is 3.70. The third kappa shape index (κ3) is 2.99. The Balaban J connectivity index is 1.74. The first-order valence-corrected chi connectivity index (χ1v) is 9.59. The molecule has 0 bridgehead atoms. The number of ketones is 1. The van der Waals surface area contributed by atoms with E-state index in [1.165, 1.54) is 4.68 Å². The molecule has 6 nitrogen and oxygen atoms in total. The zero-order valence-corrected chi connectivity index (χ0v) is 15.7. The first kappa shape index (κ1) is 17.3. The smallest absolute Gasteiger partial charge is 0.294 e. The first-order chi connectivity index (χ1) is 14.2. The van der Waals surface area contributed by atoms with E-state index in [0.29, 0.717) is 34.9 Å². The van der Waals surface area contributed by atoms with Crippen molar-refractivity contribution in [3.63, 3.8) is 0 Å². The van der Waals surface area contributed by atoms with Crippen LogP contribution in [0.5, 0.6) is 0 Å². The molecule has 5 rings (SSSR count). The minimum atomic E-state index is -0.270. The summed E-state index contributed by atoms with van der Waals surface area (Å²) in [6, 6.07) is 22.3. The molecular weight excluding hydrogens is 364 g/mol. The number of carbonyl (C=O) groups excluding carboxylic acids is 1. The van der Waals surface area contributed by atoms with Crippen LogP contribution in [0.25, 0.3) is 22.9 Å². The Morgan fingerprint density at radius 3 is 2.17 bits per heavy atom. The highest BCUT2D eigenvalue weighted by Gasteiger charge is 2.22. The lowest BCUT2D eigenvalue weighted by atomic mass is 9.94.